The number of halogens is 3. The Morgan fingerprint density at radius 1 is 1.33 bits per heavy atom. The summed E-state index contributed by atoms with van der Waals surface area (Å²) in [7, 11) is 0. The minimum Gasteiger partial charge on any atom is -0.207 e. The van der Waals surface area contributed by atoms with Crippen LogP contribution >= 0.6 is 0 Å². The maximum atomic E-state index is 13.5. The highest BCUT2D eigenvalue weighted by molar-refractivity contribution is 5.29. The van der Waals surface area contributed by atoms with Gasteiger partial charge in [0, 0.05) is 12.8 Å². The fourth-order valence-electron chi connectivity index (χ4n) is 2.00. The average Bonchev–Trinajstić information content (AvgIpc) is 2.14. The summed E-state index contributed by atoms with van der Waals surface area (Å²) in [6.07, 6.45) is 0.336. The second-order valence-electron chi connectivity index (χ2n) is 4.17. The normalized spacial score (nSPS) is 20.0. The number of hydrogen-bond acceptors (Lipinski definition) is 0. The van der Waals surface area contributed by atoms with Crippen molar-refractivity contribution in [3.05, 3.63) is 35.1 Å². The molecule has 82 valence electrons. The molecule has 0 aliphatic heterocycles. The molecule has 0 aromatic heterocycles. The van der Waals surface area contributed by atoms with Crippen molar-refractivity contribution >= 4 is 0 Å². The lowest BCUT2D eigenvalue weighted by atomic mass is 9.76. The summed E-state index contributed by atoms with van der Waals surface area (Å²) in [5.74, 6) is -3.22. The van der Waals surface area contributed by atoms with Gasteiger partial charge in [-0.05, 0) is 29.5 Å². The second-order valence-corrected chi connectivity index (χ2v) is 4.17. The fraction of sp³-hybridized carbons (Fsp3) is 0.500. The van der Waals surface area contributed by atoms with Gasteiger partial charge in [-0.25, -0.2) is 13.2 Å². The van der Waals surface area contributed by atoms with Gasteiger partial charge in [-0.3, -0.25) is 0 Å². The highest BCUT2D eigenvalue weighted by atomic mass is 19.3. The van der Waals surface area contributed by atoms with Crippen LogP contribution in [0.4, 0.5) is 13.2 Å². The van der Waals surface area contributed by atoms with Gasteiger partial charge in [0.15, 0.2) is 0 Å². The largest absolute Gasteiger partial charge is 0.249 e. The lowest BCUT2D eigenvalue weighted by Crippen LogP contribution is -2.34. The van der Waals surface area contributed by atoms with Crippen molar-refractivity contribution in [1.82, 2.24) is 0 Å². The van der Waals surface area contributed by atoms with E-state index in [0.29, 0.717) is 5.56 Å². The summed E-state index contributed by atoms with van der Waals surface area (Å²) < 4.78 is 38.8. The first-order valence-electron chi connectivity index (χ1n) is 5.18. The molecule has 0 amide bonds. The second kappa shape index (κ2) is 3.54. The Morgan fingerprint density at radius 3 is 2.47 bits per heavy atom. The molecule has 1 saturated carbocycles. The van der Waals surface area contributed by atoms with Crippen molar-refractivity contribution in [2.24, 2.45) is 0 Å². The molecule has 3 heteroatoms. The van der Waals surface area contributed by atoms with Gasteiger partial charge in [-0.1, -0.05) is 19.1 Å². The van der Waals surface area contributed by atoms with Crippen LogP contribution in [0.25, 0.3) is 0 Å². The predicted molar refractivity (Wildman–Crippen MR) is 52.7 cm³/mol. The zero-order chi connectivity index (χ0) is 11.1. The van der Waals surface area contributed by atoms with E-state index in [1.807, 2.05) is 13.0 Å². The maximum absolute atomic E-state index is 13.5. The Balaban J connectivity index is 2.17. The molecule has 1 aliphatic carbocycles. The molecule has 0 bridgehead atoms. The van der Waals surface area contributed by atoms with E-state index in [9.17, 15) is 13.2 Å². The summed E-state index contributed by atoms with van der Waals surface area (Å²) in [6, 6.07) is 4.91. The van der Waals surface area contributed by atoms with Crippen molar-refractivity contribution < 1.29 is 13.2 Å². The van der Waals surface area contributed by atoms with Crippen LogP contribution in [0.2, 0.25) is 0 Å². The zero-order valence-electron chi connectivity index (χ0n) is 8.56. The van der Waals surface area contributed by atoms with Gasteiger partial charge < -0.3 is 0 Å². The van der Waals surface area contributed by atoms with Crippen LogP contribution in [0.1, 0.15) is 36.8 Å². The Bertz CT molecular complexity index is 363. The fourth-order valence-corrected chi connectivity index (χ4v) is 2.00. The highest BCUT2D eigenvalue weighted by Crippen LogP contribution is 2.48. The molecule has 0 saturated heterocycles. The van der Waals surface area contributed by atoms with Gasteiger partial charge in [-0.2, -0.15) is 0 Å². The van der Waals surface area contributed by atoms with E-state index in [1.165, 1.54) is 6.07 Å². The molecule has 1 fully saturated rings. The number of benzene rings is 1. The minimum absolute atomic E-state index is 0.213. The first-order valence-corrected chi connectivity index (χ1v) is 5.18. The van der Waals surface area contributed by atoms with Crippen LogP contribution < -0.4 is 0 Å². The number of hydrogen-bond donors (Lipinski definition) is 0. The Labute approximate surface area is 87.1 Å². The Hall–Kier alpha value is -0.990. The van der Waals surface area contributed by atoms with Crippen molar-refractivity contribution in [3.8, 4) is 0 Å². The van der Waals surface area contributed by atoms with Gasteiger partial charge in [0.25, 0.3) is 0 Å². The topological polar surface area (TPSA) is 0 Å². The van der Waals surface area contributed by atoms with E-state index >= 15 is 0 Å². The third-order valence-electron chi connectivity index (χ3n) is 3.00. The summed E-state index contributed by atoms with van der Waals surface area (Å²) in [4.78, 5) is 0. The molecule has 1 aliphatic rings. The smallest absolute Gasteiger partial charge is 0.207 e. The molecular formula is C12H13F3. The van der Waals surface area contributed by atoms with Crippen LogP contribution in [0.5, 0.6) is 0 Å². The van der Waals surface area contributed by atoms with Gasteiger partial charge in [0.05, 0.1) is 0 Å². The summed E-state index contributed by atoms with van der Waals surface area (Å²) in [5.41, 5.74) is 1.35. The van der Waals surface area contributed by atoms with E-state index in [-0.39, 0.29) is 24.6 Å². The molecule has 1 aromatic carbocycles. The monoisotopic (exact) mass is 214 g/mol. The van der Waals surface area contributed by atoms with Crippen LogP contribution in [-0.4, -0.2) is 5.92 Å². The van der Waals surface area contributed by atoms with E-state index in [1.54, 1.807) is 6.07 Å². The molecule has 0 heterocycles. The van der Waals surface area contributed by atoms with Crippen molar-refractivity contribution in [2.75, 3.05) is 0 Å². The van der Waals surface area contributed by atoms with Crippen LogP contribution in [0, 0.1) is 5.82 Å². The SMILES string of the molecule is CCc1ccc(C2CC(F)(F)C2)c(F)c1. The summed E-state index contributed by atoms with van der Waals surface area (Å²) >= 11 is 0. The van der Waals surface area contributed by atoms with Gasteiger partial charge >= 0.3 is 0 Å². The van der Waals surface area contributed by atoms with Crippen LogP contribution in [0.15, 0.2) is 18.2 Å². The van der Waals surface area contributed by atoms with Crippen LogP contribution in [-0.2, 0) is 6.42 Å². The highest BCUT2D eigenvalue weighted by Gasteiger charge is 2.46. The lowest BCUT2D eigenvalue weighted by Gasteiger charge is -2.35. The molecule has 0 N–H and O–H groups in total. The van der Waals surface area contributed by atoms with Gasteiger partial charge in [0.1, 0.15) is 5.82 Å². The quantitative estimate of drug-likeness (QED) is 0.700. The molecule has 15 heavy (non-hydrogen) atoms. The molecule has 0 spiro atoms. The predicted octanol–water partition coefficient (Wildman–Crippen LogP) is 3.90. The molecule has 0 atom stereocenters. The van der Waals surface area contributed by atoms with E-state index in [0.717, 1.165) is 12.0 Å². The number of rotatable bonds is 2. The number of aryl methyl sites for hydroxylation is 1. The van der Waals surface area contributed by atoms with E-state index < -0.39 is 5.92 Å². The molecule has 0 nitrogen and oxygen atoms in total. The van der Waals surface area contributed by atoms with Crippen molar-refractivity contribution in [2.45, 2.75) is 38.0 Å². The molecule has 2 rings (SSSR count). The third kappa shape index (κ3) is 2.01. The van der Waals surface area contributed by atoms with Gasteiger partial charge in [-0.15, -0.1) is 0 Å². The van der Waals surface area contributed by atoms with Crippen molar-refractivity contribution in [1.29, 1.82) is 0 Å². The average molecular weight is 214 g/mol. The Kier molecular flexibility index (Phi) is 2.49. The Morgan fingerprint density at radius 2 is 2.00 bits per heavy atom. The summed E-state index contributed by atoms with van der Waals surface area (Å²) in [6.45, 7) is 1.94. The first-order chi connectivity index (χ1) is 7.02. The molecular weight excluding hydrogens is 201 g/mol. The maximum Gasteiger partial charge on any atom is 0.249 e. The standard InChI is InChI=1S/C12H13F3/c1-2-8-3-4-10(11(13)5-8)9-6-12(14,15)7-9/h3-5,9H,2,6-7H2,1H3. The van der Waals surface area contributed by atoms with Gasteiger partial charge in [0.2, 0.25) is 5.92 Å². The van der Waals surface area contributed by atoms with Crippen molar-refractivity contribution in [3.63, 3.8) is 0 Å². The molecule has 1 aromatic rings. The first kappa shape index (κ1) is 10.5. The number of alkyl halides is 2. The molecule has 0 radical (unpaired) electrons. The lowest BCUT2D eigenvalue weighted by molar-refractivity contribution is -0.0873. The summed E-state index contributed by atoms with van der Waals surface area (Å²) in [5, 5.41) is 0. The van der Waals surface area contributed by atoms with E-state index in [4.69, 9.17) is 0 Å². The molecule has 0 unspecified atom stereocenters. The zero-order valence-corrected chi connectivity index (χ0v) is 8.56. The third-order valence-corrected chi connectivity index (χ3v) is 3.00. The minimum atomic E-state index is -2.58. The van der Waals surface area contributed by atoms with E-state index in [2.05, 4.69) is 0 Å². The van der Waals surface area contributed by atoms with Crippen LogP contribution in [0.3, 0.4) is 0 Å².